The Bertz CT molecular complexity index is 1960. The van der Waals surface area contributed by atoms with Crippen LogP contribution in [0.2, 0.25) is 0 Å². The Hall–Kier alpha value is -5.49. The zero-order valence-corrected chi connectivity index (χ0v) is 24.0. The minimum atomic E-state index is -6.26. The molecule has 1 heterocycles. The van der Waals surface area contributed by atoms with Crippen molar-refractivity contribution in [3.8, 4) is 0 Å². The quantitative estimate of drug-likeness (QED) is 0.0778. The minimum Gasteiger partial charge on any atom is -0.512 e. The molecule has 0 bridgehead atoms. The van der Waals surface area contributed by atoms with Crippen LogP contribution in [0, 0.1) is 87.3 Å². The number of carbonyl (C=O) groups is 1. The Morgan fingerprint density at radius 1 is 0.480 bits per heavy atom. The monoisotopic (exact) mass is 724 g/mol. The second-order valence-electron chi connectivity index (χ2n) is 10.5. The largest absolute Gasteiger partial charge is 0.512 e. The number of amides is 1. The van der Waals surface area contributed by atoms with Gasteiger partial charge in [-0.25, -0.2) is 65.9 Å². The van der Waals surface area contributed by atoms with E-state index in [2.05, 4.69) is 0 Å². The van der Waals surface area contributed by atoms with Crippen LogP contribution in [0.25, 0.3) is 0 Å². The fraction of sp³-hybridized carbons (Fsp3) is 0.0323. The van der Waals surface area contributed by atoms with Gasteiger partial charge in [0.1, 0.15) is 34.9 Å². The minimum absolute atomic E-state index is 0.0921. The SMILES string of the molecule is O=C(N[B-](c1c(F)c(F)c(F)c(F)c1F)(c1c(F)c(F)c(F)c(F)c1F)c1c(F)c(F)c(F)c(F)c1F)c1ccc[n+](Cc2ccccc2)c1. The summed E-state index contributed by atoms with van der Waals surface area (Å²) in [5, 5.41) is 1.16. The predicted octanol–water partition coefficient (Wildman–Crippen LogP) is 5.51. The molecule has 1 amide bonds. The normalized spacial score (nSPS) is 11.7. The van der Waals surface area contributed by atoms with Crippen LogP contribution in [0.4, 0.5) is 65.9 Å². The highest BCUT2D eigenvalue weighted by molar-refractivity contribution is 7.11. The third-order valence-corrected chi connectivity index (χ3v) is 7.71. The van der Waals surface area contributed by atoms with Crippen LogP contribution >= 0.6 is 0 Å². The van der Waals surface area contributed by atoms with Crippen LogP contribution in [-0.2, 0) is 6.54 Å². The second-order valence-corrected chi connectivity index (χ2v) is 10.5. The van der Waals surface area contributed by atoms with Crippen molar-refractivity contribution in [3.05, 3.63) is 153 Å². The highest BCUT2D eigenvalue weighted by Gasteiger charge is 2.49. The molecule has 0 aliphatic heterocycles. The van der Waals surface area contributed by atoms with Gasteiger partial charge in [0.15, 0.2) is 77.6 Å². The average molecular weight is 724 g/mol. The summed E-state index contributed by atoms with van der Waals surface area (Å²) < 4.78 is 226. The highest BCUT2D eigenvalue weighted by Crippen LogP contribution is 2.27. The molecule has 3 nitrogen and oxygen atoms in total. The molecule has 5 rings (SSSR count). The maximum absolute atomic E-state index is 15.6. The number of halogens is 15. The van der Waals surface area contributed by atoms with E-state index in [1.54, 1.807) is 30.3 Å². The zero-order chi connectivity index (χ0) is 37.0. The average Bonchev–Trinajstić information content (AvgIpc) is 3.10. The number of nitrogens with one attached hydrogen (secondary N) is 1. The molecular formula is C31H12BF15N2O. The lowest BCUT2D eigenvalue weighted by Crippen LogP contribution is -2.82. The van der Waals surface area contributed by atoms with Crippen molar-refractivity contribution < 1.29 is 75.2 Å². The molecule has 1 N–H and O–H groups in total. The lowest BCUT2D eigenvalue weighted by molar-refractivity contribution is -0.688. The molecule has 0 aliphatic carbocycles. The van der Waals surface area contributed by atoms with Crippen molar-refractivity contribution in [2.45, 2.75) is 6.54 Å². The molecule has 0 saturated heterocycles. The number of nitrogens with zero attached hydrogens (tertiary/aromatic N) is 1. The molecule has 4 aromatic carbocycles. The van der Waals surface area contributed by atoms with Gasteiger partial charge in [-0.3, -0.25) is 4.79 Å². The van der Waals surface area contributed by atoms with Gasteiger partial charge in [-0.2, -0.15) is 4.57 Å². The molecule has 19 heteroatoms. The van der Waals surface area contributed by atoms with E-state index in [4.69, 9.17) is 0 Å². The summed E-state index contributed by atoms with van der Waals surface area (Å²) in [5.41, 5.74) is -9.18. The maximum atomic E-state index is 15.6. The highest BCUT2D eigenvalue weighted by atomic mass is 19.2. The van der Waals surface area contributed by atoms with Gasteiger partial charge >= 0.3 is 0 Å². The Morgan fingerprint density at radius 3 is 1.18 bits per heavy atom. The number of hydrogen-bond acceptors (Lipinski definition) is 1. The van der Waals surface area contributed by atoms with Crippen molar-refractivity contribution in [3.63, 3.8) is 0 Å². The van der Waals surface area contributed by atoms with Crippen molar-refractivity contribution in [1.82, 2.24) is 5.23 Å². The van der Waals surface area contributed by atoms with Gasteiger partial charge in [-0.05, 0) is 6.07 Å². The molecule has 0 radical (unpaired) electrons. The van der Waals surface area contributed by atoms with Crippen molar-refractivity contribution in [1.29, 1.82) is 0 Å². The smallest absolute Gasteiger partial charge is 0.218 e. The molecule has 50 heavy (non-hydrogen) atoms. The van der Waals surface area contributed by atoms with E-state index >= 15 is 26.3 Å². The summed E-state index contributed by atoms with van der Waals surface area (Å²) in [7, 11) is 0. The van der Waals surface area contributed by atoms with E-state index in [-0.39, 0.29) is 6.54 Å². The lowest BCUT2D eigenvalue weighted by Gasteiger charge is -2.44. The number of hydrogen-bond donors (Lipinski definition) is 1. The van der Waals surface area contributed by atoms with Gasteiger partial charge in [0.2, 0.25) is 5.91 Å². The fourth-order valence-corrected chi connectivity index (χ4v) is 5.48. The topological polar surface area (TPSA) is 33.0 Å². The standard InChI is InChI=1S/C31H12BF15N2O/c33-16-13(17(34)23(40)28(45)22(16)39)32(14-18(35)24(41)29(46)25(42)19(14)36,15-20(37)26(43)30(47)27(44)21(15)38)48-31(50)12-7-4-8-49(10-12)9-11-5-2-1-3-6-11/h1-8,10H,9H2,(H,48,50). The first kappa shape index (κ1) is 35.8. The molecule has 0 saturated carbocycles. The van der Waals surface area contributed by atoms with E-state index in [9.17, 15) is 44.3 Å². The third-order valence-electron chi connectivity index (χ3n) is 7.71. The Morgan fingerprint density at radius 2 is 0.820 bits per heavy atom. The van der Waals surface area contributed by atoms with Gasteiger partial charge in [0.25, 0.3) is 0 Å². The van der Waals surface area contributed by atoms with Gasteiger partial charge < -0.3 is 5.23 Å². The summed E-state index contributed by atoms with van der Waals surface area (Å²) in [6.07, 6.45) is -4.18. The Kier molecular flexibility index (Phi) is 9.38. The van der Waals surface area contributed by atoms with E-state index in [0.717, 1.165) is 28.1 Å². The summed E-state index contributed by atoms with van der Waals surface area (Å²) in [5.74, 6) is -49.8. The summed E-state index contributed by atoms with van der Waals surface area (Å²) >= 11 is 0. The maximum Gasteiger partial charge on any atom is 0.218 e. The first-order chi connectivity index (χ1) is 23.5. The number of aromatic nitrogens is 1. The van der Waals surface area contributed by atoms with Gasteiger partial charge in [0, 0.05) is 11.6 Å². The zero-order valence-electron chi connectivity index (χ0n) is 24.0. The van der Waals surface area contributed by atoms with Crippen molar-refractivity contribution in [2.24, 2.45) is 0 Å². The lowest BCUT2D eigenvalue weighted by atomic mass is 9.23. The van der Waals surface area contributed by atoms with Crippen LogP contribution in [0.15, 0.2) is 54.9 Å². The van der Waals surface area contributed by atoms with Crippen molar-refractivity contribution in [2.75, 3.05) is 0 Å². The summed E-state index contributed by atoms with van der Waals surface area (Å²) in [6.45, 7) is -0.0921. The second kappa shape index (κ2) is 13.1. The third kappa shape index (κ3) is 5.49. The molecule has 0 spiro atoms. The van der Waals surface area contributed by atoms with Crippen LogP contribution in [-0.4, -0.2) is 12.2 Å². The van der Waals surface area contributed by atoms with Gasteiger partial charge in [-0.1, -0.05) is 30.3 Å². The van der Waals surface area contributed by atoms with Crippen LogP contribution in [0.5, 0.6) is 0 Å². The molecule has 0 aliphatic rings. The van der Waals surface area contributed by atoms with Crippen LogP contribution < -0.4 is 26.2 Å². The van der Waals surface area contributed by atoms with E-state index in [0.29, 0.717) is 5.56 Å². The molecule has 260 valence electrons. The summed E-state index contributed by atoms with van der Waals surface area (Å²) in [4.78, 5) is 13.7. The van der Waals surface area contributed by atoms with Gasteiger partial charge in [-0.15, -0.1) is 16.4 Å². The molecular weight excluding hydrogens is 712 g/mol. The molecule has 5 aromatic rings. The van der Waals surface area contributed by atoms with E-state index in [1.807, 2.05) is 0 Å². The predicted molar refractivity (Wildman–Crippen MR) is 143 cm³/mol. The first-order valence-corrected chi connectivity index (χ1v) is 13.5. The van der Waals surface area contributed by atoms with E-state index < -0.39 is 121 Å². The fourth-order valence-electron chi connectivity index (χ4n) is 5.48. The first-order valence-electron chi connectivity index (χ1n) is 13.5. The Labute approximate surface area is 269 Å². The number of benzene rings is 4. The van der Waals surface area contributed by atoms with Crippen LogP contribution in [0.1, 0.15) is 15.9 Å². The molecule has 0 atom stereocenters. The number of rotatable bonds is 7. The van der Waals surface area contributed by atoms with Crippen LogP contribution in [0.3, 0.4) is 0 Å². The molecule has 0 unspecified atom stereocenters. The van der Waals surface area contributed by atoms with Gasteiger partial charge in [0.05, 0.1) is 5.56 Å². The summed E-state index contributed by atoms with van der Waals surface area (Å²) in [6, 6.07) is 9.75. The number of pyridine rings is 1. The van der Waals surface area contributed by atoms with E-state index in [1.165, 1.54) is 6.20 Å². The molecule has 0 fully saturated rings. The Balaban J connectivity index is 1.99. The van der Waals surface area contributed by atoms with Crippen molar-refractivity contribution >= 4 is 28.6 Å². The molecule has 1 aromatic heterocycles. The number of carbonyl (C=O) groups excluding carboxylic acids is 1.